The quantitative estimate of drug-likeness (QED) is 0.165. The van der Waals surface area contributed by atoms with Crippen LogP contribution in [0.4, 0.5) is 17.1 Å². The van der Waals surface area contributed by atoms with Crippen LogP contribution in [0, 0.1) is 0 Å². The van der Waals surface area contributed by atoms with Gasteiger partial charge in [0, 0.05) is 16.6 Å². The number of furan rings is 1. The van der Waals surface area contributed by atoms with Gasteiger partial charge in [-0.15, -0.1) is 0 Å². The van der Waals surface area contributed by atoms with Gasteiger partial charge in [0.1, 0.15) is 11.2 Å². The van der Waals surface area contributed by atoms with E-state index in [2.05, 4.69) is 266 Å². The van der Waals surface area contributed by atoms with Gasteiger partial charge in [-0.05, 0) is 120 Å². The van der Waals surface area contributed by atoms with Crippen LogP contribution in [0.3, 0.4) is 0 Å². The maximum Gasteiger partial charge on any atom is 0.137 e. The third-order valence-electron chi connectivity index (χ3n) is 15.8. The van der Waals surface area contributed by atoms with Crippen LogP contribution in [0.15, 0.2) is 265 Å². The molecule has 0 atom stereocenters. The van der Waals surface area contributed by atoms with E-state index < -0.39 is 10.8 Å². The number of benzene rings is 11. The minimum atomic E-state index is -0.477. The largest absolute Gasteiger partial charge is 0.456 e. The van der Waals surface area contributed by atoms with Crippen molar-refractivity contribution < 1.29 is 4.42 Å². The molecule has 2 heteroatoms. The topological polar surface area (TPSA) is 16.4 Å². The highest BCUT2D eigenvalue weighted by atomic mass is 16.3. The Morgan fingerprint density at radius 1 is 0.286 bits per heavy atom. The highest BCUT2D eigenvalue weighted by Gasteiger charge is 2.52. The summed E-state index contributed by atoms with van der Waals surface area (Å²) in [5.41, 5.74) is 24.5. The standard InChI is InChI=1S/C68H43NO/c1-3-20-45(21-4-1)67(46-22-5-2-6-23-46)56-32-14-9-26-51(56)64-48(29-17-34-58(64)67)44-40-42-47(43-41-44)69(61-37-19-39-63-66(61)53-28-11-16-38-62(53)70-63)60-36-18-35-59-65(60)52-27-10-15-33-57(52)68(59)54-30-12-7-24-49(54)50-25-8-13-31-55(50)68/h1-43H. The average Bonchev–Trinajstić information content (AvgIpc) is 4.15. The molecule has 0 aliphatic heterocycles. The van der Waals surface area contributed by atoms with E-state index in [0.717, 1.165) is 39.0 Å². The molecule has 1 heterocycles. The molecule has 1 spiro atoms. The molecule has 0 radical (unpaired) electrons. The molecule has 0 bridgehead atoms. The molecular weight excluding hydrogens is 847 g/mol. The monoisotopic (exact) mass is 889 g/mol. The van der Waals surface area contributed by atoms with Gasteiger partial charge in [-0.25, -0.2) is 0 Å². The molecule has 15 rings (SSSR count). The number of fused-ring (bicyclic) bond motifs is 16. The molecule has 0 saturated heterocycles. The zero-order chi connectivity index (χ0) is 46.0. The Morgan fingerprint density at radius 3 is 1.39 bits per heavy atom. The van der Waals surface area contributed by atoms with E-state index in [9.17, 15) is 0 Å². The molecule has 326 valence electrons. The molecule has 1 aromatic heterocycles. The highest BCUT2D eigenvalue weighted by molar-refractivity contribution is 6.14. The minimum Gasteiger partial charge on any atom is -0.456 e. The molecule has 70 heavy (non-hydrogen) atoms. The van der Waals surface area contributed by atoms with Gasteiger partial charge >= 0.3 is 0 Å². The number of rotatable bonds is 6. The maximum atomic E-state index is 6.62. The summed E-state index contributed by atoms with van der Waals surface area (Å²) >= 11 is 0. The van der Waals surface area contributed by atoms with Crippen molar-refractivity contribution in [3.63, 3.8) is 0 Å². The zero-order valence-corrected chi connectivity index (χ0v) is 38.2. The first-order valence-corrected chi connectivity index (χ1v) is 24.3. The van der Waals surface area contributed by atoms with Crippen molar-refractivity contribution in [2.45, 2.75) is 10.8 Å². The van der Waals surface area contributed by atoms with E-state index in [1.807, 2.05) is 0 Å². The summed E-state index contributed by atoms with van der Waals surface area (Å²) in [5, 5.41) is 2.18. The smallest absolute Gasteiger partial charge is 0.137 e. The predicted molar refractivity (Wildman–Crippen MR) is 287 cm³/mol. The summed E-state index contributed by atoms with van der Waals surface area (Å²) in [7, 11) is 0. The summed E-state index contributed by atoms with van der Waals surface area (Å²) in [5.74, 6) is 0. The van der Waals surface area contributed by atoms with Crippen LogP contribution in [-0.2, 0) is 10.8 Å². The molecule has 2 nitrogen and oxygen atoms in total. The summed E-state index contributed by atoms with van der Waals surface area (Å²) in [6, 6.07) is 96.5. The Morgan fingerprint density at radius 2 is 0.729 bits per heavy atom. The summed E-state index contributed by atoms with van der Waals surface area (Å²) < 4.78 is 6.62. The normalized spacial score (nSPS) is 13.9. The number of anilines is 3. The van der Waals surface area contributed by atoms with Crippen molar-refractivity contribution in [2.24, 2.45) is 0 Å². The van der Waals surface area contributed by atoms with Gasteiger partial charge in [-0.3, -0.25) is 0 Å². The summed E-state index contributed by atoms with van der Waals surface area (Å²) in [6.45, 7) is 0. The Balaban J connectivity index is 0.970. The van der Waals surface area contributed by atoms with E-state index in [4.69, 9.17) is 4.42 Å². The van der Waals surface area contributed by atoms with Crippen molar-refractivity contribution in [1.29, 1.82) is 0 Å². The van der Waals surface area contributed by atoms with Gasteiger partial charge in [0.25, 0.3) is 0 Å². The van der Waals surface area contributed by atoms with Crippen LogP contribution in [0.2, 0.25) is 0 Å². The lowest BCUT2D eigenvalue weighted by atomic mass is 9.67. The second kappa shape index (κ2) is 14.8. The van der Waals surface area contributed by atoms with Gasteiger partial charge < -0.3 is 9.32 Å². The molecule has 3 aliphatic carbocycles. The van der Waals surface area contributed by atoms with Crippen molar-refractivity contribution in [1.82, 2.24) is 0 Å². The van der Waals surface area contributed by atoms with Gasteiger partial charge in [-0.1, -0.05) is 224 Å². The lowest BCUT2D eigenvalue weighted by Crippen LogP contribution is -2.28. The number of para-hydroxylation sites is 1. The Hall–Kier alpha value is -8.98. The Kier molecular flexibility index (Phi) is 8.24. The number of nitrogens with zero attached hydrogens (tertiary/aromatic N) is 1. The van der Waals surface area contributed by atoms with E-state index in [-0.39, 0.29) is 0 Å². The fourth-order valence-electron chi connectivity index (χ4n) is 13.2. The molecule has 0 saturated carbocycles. The Labute approximate surface area is 407 Å². The second-order valence-corrected chi connectivity index (χ2v) is 19.0. The SMILES string of the molecule is c1ccc(C2(c3ccccc3)c3ccccc3-c3c(-c4ccc(N(c5cccc6c5-c5ccccc5C65c6ccccc6-c6ccccc65)c5cccc6oc7ccccc7c56)cc4)cccc32)cc1. The van der Waals surface area contributed by atoms with Crippen LogP contribution in [0.25, 0.3) is 66.4 Å². The molecule has 3 aliphatic rings. The summed E-state index contributed by atoms with van der Waals surface area (Å²) in [4.78, 5) is 2.50. The first-order valence-electron chi connectivity index (χ1n) is 24.3. The van der Waals surface area contributed by atoms with Crippen molar-refractivity contribution >= 4 is 39.0 Å². The van der Waals surface area contributed by atoms with Gasteiger partial charge in [0.05, 0.1) is 27.6 Å². The van der Waals surface area contributed by atoms with Crippen LogP contribution in [0.1, 0.15) is 44.5 Å². The van der Waals surface area contributed by atoms with Crippen molar-refractivity contribution in [2.75, 3.05) is 4.90 Å². The molecular formula is C68H43NO. The zero-order valence-electron chi connectivity index (χ0n) is 38.2. The molecule has 0 amide bonds. The first-order chi connectivity index (χ1) is 34.8. The van der Waals surface area contributed by atoms with E-state index >= 15 is 0 Å². The van der Waals surface area contributed by atoms with E-state index in [1.165, 1.54) is 89.0 Å². The predicted octanol–water partition coefficient (Wildman–Crippen LogP) is 17.4. The molecule has 0 unspecified atom stereocenters. The maximum absolute atomic E-state index is 6.62. The van der Waals surface area contributed by atoms with Gasteiger partial charge in [0.2, 0.25) is 0 Å². The van der Waals surface area contributed by atoms with Gasteiger partial charge in [0.15, 0.2) is 0 Å². The fourth-order valence-corrected chi connectivity index (χ4v) is 13.2. The molecule has 0 fully saturated rings. The minimum absolute atomic E-state index is 0.475. The third kappa shape index (κ3) is 5.07. The highest BCUT2D eigenvalue weighted by Crippen LogP contribution is 2.65. The fraction of sp³-hybridized carbons (Fsp3) is 0.0294. The third-order valence-corrected chi connectivity index (χ3v) is 15.8. The van der Waals surface area contributed by atoms with Crippen LogP contribution in [0.5, 0.6) is 0 Å². The summed E-state index contributed by atoms with van der Waals surface area (Å²) in [6.07, 6.45) is 0. The molecule has 12 aromatic rings. The number of hydrogen-bond donors (Lipinski definition) is 0. The lowest BCUT2D eigenvalue weighted by Gasteiger charge is -2.34. The second-order valence-electron chi connectivity index (χ2n) is 19.0. The van der Waals surface area contributed by atoms with Crippen molar-refractivity contribution in [3.05, 3.63) is 305 Å². The molecule has 11 aromatic carbocycles. The molecule has 0 N–H and O–H groups in total. The van der Waals surface area contributed by atoms with E-state index in [0.29, 0.717) is 0 Å². The van der Waals surface area contributed by atoms with Gasteiger partial charge in [-0.2, -0.15) is 0 Å². The average molecular weight is 890 g/mol. The van der Waals surface area contributed by atoms with E-state index in [1.54, 1.807) is 0 Å². The van der Waals surface area contributed by atoms with Crippen molar-refractivity contribution in [3.8, 4) is 44.5 Å². The first kappa shape index (κ1) is 39.1. The number of hydrogen-bond acceptors (Lipinski definition) is 2. The van der Waals surface area contributed by atoms with Crippen LogP contribution in [-0.4, -0.2) is 0 Å². The van der Waals surface area contributed by atoms with Crippen LogP contribution >= 0.6 is 0 Å². The lowest BCUT2D eigenvalue weighted by molar-refractivity contribution is 0.669. The Bertz CT molecular complexity index is 3980. The van der Waals surface area contributed by atoms with Crippen LogP contribution < -0.4 is 4.90 Å².